The van der Waals surface area contributed by atoms with Crippen molar-refractivity contribution in [2.75, 3.05) is 11.9 Å². The fraction of sp³-hybridized carbons (Fsp3) is 0.231. The molecule has 2 aromatic rings. The second-order valence-corrected chi connectivity index (χ2v) is 4.86. The fourth-order valence-corrected chi connectivity index (χ4v) is 2.21. The van der Waals surface area contributed by atoms with Crippen LogP contribution in [0, 0.1) is 5.82 Å². The molecule has 19 heavy (non-hydrogen) atoms. The van der Waals surface area contributed by atoms with Crippen molar-refractivity contribution in [1.82, 2.24) is 9.97 Å². The lowest BCUT2D eigenvalue weighted by molar-refractivity contribution is 0.595. The molecule has 0 bridgehead atoms. The number of rotatable bonds is 3. The molecule has 0 radical (unpaired) electrons. The summed E-state index contributed by atoms with van der Waals surface area (Å²) in [6.07, 6.45) is 1.06. The Morgan fingerprint density at radius 2 is 1.95 bits per heavy atom. The van der Waals surface area contributed by atoms with Crippen molar-refractivity contribution in [3.8, 4) is 0 Å². The second kappa shape index (κ2) is 5.72. The molecule has 0 aliphatic carbocycles. The number of benzene rings is 1. The summed E-state index contributed by atoms with van der Waals surface area (Å²) in [4.78, 5) is 9.18. The molecule has 0 saturated carbocycles. The molecule has 1 heterocycles. The zero-order valence-corrected chi connectivity index (χ0v) is 12.0. The zero-order chi connectivity index (χ0) is 14.0. The maximum absolute atomic E-state index is 13.7. The summed E-state index contributed by atoms with van der Waals surface area (Å²) in [6, 6.07) is 7.28. The van der Waals surface area contributed by atoms with E-state index in [4.69, 9.17) is 23.2 Å². The van der Waals surface area contributed by atoms with Crippen molar-refractivity contribution in [3.05, 3.63) is 52.1 Å². The predicted octanol–water partition coefficient (Wildman–Crippen LogP) is 4.12. The number of aromatic nitrogens is 2. The van der Waals surface area contributed by atoms with E-state index >= 15 is 0 Å². The van der Waals surface area contributed by atoms with E-state index in [-0.39, 0.29) is 17.1 Å². The van der Waals surface area contributed by atoms with Crippen LogP contribution in [-0.2, 0) is 0 Å². The van der Waals surface area contributed by atoms with Gasteiger partial charge in [0, 0.05) is 12.1 Å². The Labute approximate surface area is 121 Å². The fourth-order valence-electron chi connectivity index (χ4n) is 1.79. The summed E-state index contributed by atoms with van der Waals surface area (Å²) in [7, 11) is 1.73. The largest absolute Gasteiger partial charge is 0.350 e. The van der Waals surface area contributed by atoms with Gasteiger partial charge in [0.1, 0.15) is 0 Å². The van der Waals surface area contributed by atoms with Gasteiger partial charge < -0.3 is 4.90 Å². The van der Waals surface area contributed by atoms with E-state index in [9.17, 15) is 4.39 Å². The Hall–Kier alpha value is -1.39. The van der Waals surface area contributed by atoms with Crippen LogP contribution in [0.3, 0.4) is 0 Å². The van der Waals surface area contributed by atoms with Gasteiger partial charge in [0.05, 0.1) is 12.2 Å². The van der Waals surface area contributed by atoms with E-state index in [2.05, 4.69) is 9.97 Å². The van der Waals surface area contributed by atoms with Crippen LogP contribution in [0.4, 0.5) is 10.2 Å². The van der Waals surface area contributed by atoms with Gasteiger partial charge in [-0.25, -0.2) is 9.37 Å². The van der Waals surface area contributed by atoms with Crippen molar-refractivity contribution < 1.29 is 4.39 Å². The number of halogens is 3. The molecule has 100 valence electrons. The van der Waals surface area contributed by atoms with Crippen molar-refractivity contribution >= 4 is 29.0 Å². The van der Waals surface area contributed by atoms with Gasteiger partial charge >= 0.3 is 0 Å². The molecule has 1 aromatic carbocycles. The van der Waals surface area contributed by atoms with Crippen molar-refractivity contribution in [1.29, 1.82) is 0 Å². The van der Waals surface area contributed by atoms with Crippen LogP contribution in [-0.4, -0.2) is 17.0 Å². The SMILES string of the molecule is CC(c1ccccc1Cl)N(C)c1nc(Cl)ncc1F. The monoisotopic (exact) mass is 299 g/mol. The average Bonchev–Trinajstić information content (AvgIpc) is 2.40. The van der Waals surface area contributed by atoms with Gasteiger partial charge in [-0.15, -0.1) is 0 Å². The van der Waals surface area contributed by atoms with Crippen LogP contribution in [0.5, 0.6) is 0 Å². The van der Waals surface area contributed by atoms with Crippen LogP contribution in [0.2, 0.25) is 10.3 Å². The summed E-state index contributed by atoms with van der Waals surface area (Å²) in [5.74, 6) is -0.377. The summed E-state index contributed by atoms with van der Waals surface area (Å²) in [5, 5.41) is 0.636. The van der Waals surface area contributed by atoms with Gasteiger partial charge in [-0.2, -0.15) is 4.98 Å². The summed E-state index contributed by atoms with van der Waals surface area (Å²) < 4.78 is 13.7. The maximum Gasteiger partial charge on any atom is 0.224 e. The van der Waals surface area contributed by atoms with Gasteiger partial charge in [-0.3, -0.25) is 0 Å². The van der Waals surface area contributed by atoms with Crippen LogP contribution in [0.15, 0.2) is 30.5 Å². The molecule has 1 aromatic heterocycles. The highest BCUT2D eigenvalue weighted by Crippen LogP contribution is 2.30. The molecule has 1 unspecified atom stereocenters. The first-order chi connectivity index (χ1) is 9.00. The third-order valence-corrected chi connectivity index (χ3v) is 3.49. The third-order valence-electron chi connectivity index (χ3n) is 2.97. The van der Waals surface area contributed by atoms with Crippen LogP contribution >= 0.6 is 23.2 Å². The lowest BCUT2D eigenvalue weighted by Gasteiger charge is -2.27. The van der Waals surface area contributed by atoms with Gasteiger partial charge in [-0.05, 0) is 30.2 Å². The van der Waals surface area contributed by atoms with Crippen LogP contribution < -0.4 is 4.90 Å². The molecular formula is C13H12Cl2FN3. The van der Waals surface area contributed by atoms with Gasteiger partial charge in [0.25, 0.3) is 0 Å². The Balaban J connectivity index is 2.36. The van der Waals surface area contributed by atoms with E-state index in [1.807, 2.05) is 25.1 Å². The van der Waals surface area contributed by atoms with Crippen molar-refractivity contribution in [2.24, 2.45) is 0 Å². The Kier molecular flexibility index (Phi) is 4.22. The molecular weight excluding hydrogens is 288 g/mol. The highest BCUT2D eigenvalue weighted by atomic mass is 35.5. The molecule has 0 spiro atoms. The first-order valence-electron chi connectivity index (χ1n) is 5.66. The number of hydrogen-bond donors (Lipinski definition) is 0. The number of nitrogens with zero attached hydrogens (tertiary/aromatic N) is 3. The minimum Gasteiger partial charge on any atom is -0.350 e. The minimum absolute atomic E-state index is 0.00890. The standard InChI is InChI=1S/C13H12Cl2FN3/c1-8(9-5-3-4-6-10(9)14)19(2)12-11(16)7-17-13(15)18-12/h3-8H,1-2H3. The van der Waals surface area contributed by atoms with Crippen LogP contribution in [0.25, 0.3) is 0 Å². The first kappa shape index (κ1) is 14.0. The third kappa shape index (κ3) is 2.96. The van der Waals surface area contributed by atoms with Gasteiger partial charge in [0.2, 0.25) is 5.28 Å². The summed E-state index contributed by atoms with van der Waals surface area (Å²) >= 11 is 11.8. The molecule has 2 rings (SSSR count). The highest BCUT2D eigenvalue weighted by Gasteiger charge is 2.19. The molecule has 1 atom stereocenters. The maximum atomic E-state index is 13.7. The summed E-state index contributed by atoms with van der Waals surface area (Å²) in [6.45, 7) is 1.91. The molecule has 0 saturated heterocycles. The topological polar surface area (TPSA) is 29.0 Å². The van der Waals surface area contributed by atoms with Gasteiger partial charge in [-0.1, -0.05) is 29.8 Å². The highest BCUT2D eigenvalue weighted by molar-refractivity contribution is 6.31. The molecule has 0 amide bonds. The van der Waals surface area contributed by atoms with Crippen molar-refractivity contribution in [3.63, 3.8) is 0 Å². The quantitative estimate of drug-likeness (QED) is 0.798. The van der Waals surface area contributed by atoms with E-state index in [1.54, 1.807) is 18.0 Å². The smallest absolute Gasteiger partial charge is 0.224 e. The Morgan fingerprint density at radius 1 is 1.26 bits per heavy atom. The second-order valence-electron chi connectivity index (χ2n) is 4.12. The van der Waals surface area contributed by atoms with E-state index < -0.39 is 5.82 Å². The first-order valence-corrected chi connectivity index (χ1v) is 6.41. The minimum atomic E-state index is -0.522. The lowest BCUT2D eigenvalue weighted by atomic mass is 10.1. The average molecular weight is 300 g/mol. The van der Waals surface area contributed by atoms with E-state index in [0.717, 1.165) is 11.8 Å². The molecule has 6 heteroatoms. The number of hydrogen-bond acceptors (Lipinski definition) is 3. The van der Waals surface area contributed by atoms with Crippen molar-refractivity contribution in [2.45, 2.75) is 13.0 Å². The Bertz CT molecular complexity index is 592. The molecule has 0 aliphatic rings. The summed E-state index contributed by atoms with van der Waals surface area (Å²) in [5.41, 5.74) is 0.890. The molecule has 0 N–H and O–H groups in total. The van der Waals surface area contributed by atoms with Crippen LogP contribution in [0.1, 0.15) is 18.5 Å². The van der Waals surface area contributed by atoms with Gasteiger partial charge in [0.15, 0.2) is 11.6 Å². The predicted molar refractivity (Wildman–Crippen MR) is 75.3 cm³/mol. The molecule has 0 fully saturated rings. The zero-order valence-electron chi connectivity index (χ0n) is 10.4. The van der Waals surface area contributed by atoms with E-state index in [1.165, 1.54) is 0 Å². The van der Waals surface area contributed by atoms with E-state index in [0.29, 0.717) is 5.02 Å². The normalized spacial score (nSPS) is 12.3. The number of anilines is 1. The molecule has 3 nitrogen and oxygen atoms in total. The lowest BCUT2D eigenvalue weighted by Crippen LogP contribution is -2.24. The molecule has 0 aliphatic heterocycles. The Morgan fingerprint density at radius 3 is 2.63 bits per heavy atom.